The normalized spacial score (nSPS) is 14.3. The fourth-order valence-electron chi connectivity index (χ4n) is 2.80. The lowest BCUT2D eigenvalue weighted by Gasteiger charge is -2.22. The van der Waals surface area contributed by atoms with Gasteiger partial charge >= 0.3 is 0 Å². The first-order chi connectivity index (χ1) is 11.2. The van der Waals surface area contributed by atoms with Crippen LogP contribution in [0.2, 0.25) is 0 Å². The smallest absolute Gasteiger partial charge is 0.272 e. The first kappa shape index (κ1) is 14.4. The van der Waals surface area contributed by atoms with Crippen LogP contribution in [-0.4, -0.2) is 32.8 Å². The number of hydrogen-bond donors (Lipinski definition) is 0. The highest BCUT2D eigenvalue weighted by molar-refractivity contribution is 7.15. The minimum absolute atomic E-state index is 0.0353. The minimum Gasteiger partial charge on any atom is -0.334 e. The summed E-state index contributed by atoms with van der Waals surface area (Å²) >= 11 is 1.52. The molecule has 4 rings (SSSR count). The van der Waals surface area contributed by atoms with Crippen LogP contribution in [0, 0.1) is 5.82 Å². The summed E-state index contributed by atoms with van der Waals surface area (Å²) < 4.78 is 15.1. The van der Waals surface area contributed by atoms with Crippen LogP contribution in [0.5, 0.6) is 0 Å². The average molecular weight is 329 g/mol. The number of hydrogen-bond acceptors (Lipinski definition) is 3. The number of halogens is 1. The van der Waals surface area contributed by atoms with Gasteiger partial charge in [0.25, 0.3) is 5.91 Å². The standard InChI is InChI=1S/C17H16FN3OS/c18-13-3-1-2-12(8-13)6-7-20(14-4-5-14)17(22)15-10-23-16-9-19-11-21(15)16/h1-3,8-11,14H,4-7H2. The molecule has 3 aromatic rings. The van der Waals surface area contributed by atoms with Crippen LogP contribution in [0.25, 0.3) is 4.83 Å². The van der Waals surface area contributed by atoms with Gasteiger partial charge in [-0.2, -0.15) is 0 Å². The van der Waals surface area contributed by atoms with Gasteiger partial charge in [0.1, 0.15) is 22.7 Å². The lowest BCUT2D eigenvalue weighted by Crippen LogP contribution is -2.35. The van der Waals surface area contributed by atoms with Gasteiger partial charge in [-0.1, -0.05) is 12.1 Å². The van der Waals surface area contributed by atoms with Gasteiger partial charge in [0.05, 0.1) is 6.20 Å². The lowest BCUT2D eigenvalue weighted by molar-refractivity contribution is 0.0738. The molecule has 0 unspecified atom stereocenters. The van der Waals surface area contributed by atoms with E-state index in [1.54, 1.807) is 18.6 Å². The summed E-state index contributed by atoms with van der Waals surface area (Å²) in [6, 6.07) is 6.90. The Balaban J connectivity index is 1.54. The van der Waals surface area contributed by atoms with Gasteiger partial charge in [-0.25, -0.2) is 9.37 Å². The second-order valence-electron chi connectivity index (χ2n) is 5.83. The van der Waals surface area contributed by atoms with Crippen LogP contribution in [0.1, 0.15) is 28.9 Å². The van der Waals surface area contributed by atoms with Crippen LogP contribution in [0.15, 0.2) is 42.2 Å². The Morgan fingerprint density at radius 2 is 2.30 bits per heavy atom. The molecule has 2 heterocycles. The van der Waals surface area contributed by atoms with Crippen molar-refractivity contribution in [3.8, 4) is 0 Å². The van der Waals surface area contributed by atoms with E-state index in [9.17, 15) is 9.18 Å². The molecule has 0 radical (unpaired) electrons. The topological polar surface area (TPSA) is 37.6 Å². The summed E-state index contributed by atoms with van der Waals surface area (Å²) in [4.78, 5) is 19.9. The molecule has 0 N–H and O–H groups in total. The van der Waals surface area contributed by atoms with Crippen molar-refractivity contribution in [3.63, 3.8) is 0 Å². The summed E-state index contributed by atoms with van der Waals surface area (Å²) in [5.41, 5.74) is 1.58. The SMILES string of the molecule is O=C(c1csc2cncn12)N(CCc1cccc(F)c1)C1CC1. The van der Waals surface area contributed by atoms with Crippen molar-refractivity contribution in [2.75, 3.05) is 6.54 Å². The molecule has 118 valence electrons. The van der Waals surface area contributed by atoms with E-state index in [1.165, 1.54) is 23.5 Å². The van der Waals surface area contributed by atoms with Crippen LogP contribution < -0.4 is 0 Å². The molecular weight excluding hydrogens is 313 g/mol. The number of imidazole rings is 1. The Kier molecular flexibility index (Phi) is 3.61. The second kappa shape index (κ2) is 5.77. The van der Waals surface area contributed by atoms with Gasteiger partial charge in [0, 0.05) is 18.0 Å². The zero-order valence-corrected chi connectivity index (χ0v) is 13.3. The molecule has 23 heavy (non-hydrogen) atoms. The van der Waals surface area contributed by atoms with E-state index in [2.05, 4.69) is 4.98 Å². The second-order valence-corrected chi connectivity index (χ2v) is 6.72. The molecule has 0 aliphatic heterocycles. The van der Waals surface area contributed by atoms with Crippen LogP contribution >= 0.6 is 11.3 Å². The van der Waals surface area contributed by atoms with E-state index in [4.69, 9.17) is 0 Å². The maximum Gasteiger partial charge on any atom is 0.272 e. The number of carbonyl (C=O) groups excluding carboxylic acids is 1. The summed E-state index contributed by atoms with van der Waals surface area (Å²) in [6.07, 6.45) is 6.20. The number of amides is 1. The van der Waals surface area contributed by atoms with Gasteiger partial charge < -0.3 is 4.90 Å². The Labute approximate surface area is 137 Å². The van der Waals surface area contributed by atoms with Gasteiger partial charge in [-0.05, 0) is 37.0 Å². The molecule has 1 saturated carbocycles. The van der Waals surface area contributed by atoms with Gasteiger partial charge in [-0.3, -0.25) is 9.20 Å². The highest BCUT2D eigenvalue weighted by Gasteiger charge is 2.33. The minimum atomic E-state index is -0.232. The first-order valence-electron chi connectivity index (χ1n) is 7.67. The number of nitrogens with zero attached hydrogens (tertiary/aromatic N) is 3. The number of fused-ring (bicyclic) bond motifs is 1. The van der Waals surface area contributed by atoms with Gasteiger partial charge in [-0.15, -0.1) is 11.3 Å². The third kappa shape index (κ3) is 2.86. The highest BCUT2D eigenvalue weighted by atomic mass is 32.1. The Hall–Kier alpha value is -2.21. The molecule has 0 atom stereocenters. The Bertz CT molecular complexity index is 852. The van der Waals surface area contributed by atoms with E-state index in [0.717, 1.165) is 23.2 Å². The Morgan fingerprint density at radius 3 is 3.09 bits per heavy atom. The zero-order valence-electron chi connectivity index (χ0n) is 12.5. The molecular formula is C17H16FN3OS. The summed E-state index contributed by atoms with van der Waals surface area (Å²) in [7, 11) is 0. The molecule has 1 amide bonds. The van der Waals surface area contributed by atoms with Gasteiger partial charge in [0.15, 0.2) is 0 Å². The average Bonchev–Trinajstić information content (AvgIpc) is 3.12. The molecule has 0 saturated heterocycles. The van der Waals surface area contributed by atoms with Crippen molar-refractivity contribution in [2.24, 2.45) is 0 Å². The maximum atomic E-state index is 13.3. The van der Waals surface area contributed by atoms with E-state index >= 15 is 0 Å². The predicted molar refractivity (Wildman–Crippen MR) is 87.2 cm³/mol. The fraction of sp³-hybridized carbons (Fsp3) is 0.294. The van der Waals surface area contributed by atoms with Crippen LogP contribution in [0.4, 0.5) is 4.39 Å². The monoisotopic (exact) mass is 329 g/mol. The van der Waals surface area contributed by atoms with Crippen LogP contribution in [-0.2, 0) is 6.42 Å². The Morgan fingerprint density at radius 1 is 1.43 bits per heavy atom. The van der Waals surface area contributed by atoms with Crippen molar-refractivity contribution >= 4 is 22.1 Å². The number of benzene rings is 1. The molecule has 0 bridgehead atoms. The summed E-state index contributed by atoms with van der Waals surface area (Å²) in [5.74, 6) is -0.196. The number of thiazole rings is 1. The van der Waals surface area contributed by atoms with E-state index < -0.39 is 0 Å². The number of aromatic nitrogens is 2. The van der Waals surface area contributed by atoms with Gasteiger partial charge in [0.2, 0.25) is 0 Å². The summed E-state index contributed by atoms with van der Waals surface area (Å²) in [5, 5.41) is 1.89. The van der Waals surface area contributed by atoms with Crippen molar-refractivity contribution < 1.29 is 9.18 Å². The quantitative estimate of drug-likeness (QED) is 0.720. The zero-order chi connectivity index (χ0) is 15.8. The van der Waals surface area contributed by atoms with Crippen molar-refractivity contribution in [1.82, 2.24) is 14.3 Å². The molecule has 1 fully saturated rings. The fourth-order valence-corrected chi connectivity index (χ4v) is 3.63. The third-order valence-electron chi connectivity index (χ3n) is 4.15. The molecule has 4 nitrogen and oxygen atoms in total. The van der Waals surface area contributed by atoms with Crippen molar-refractivity contribution in [3.05, 3.63) is 59.2 Å². The lowest BCUT2D eigenvalue weighted by atomic mass is 10.1. The van der Waals surface area contributed by atoms with E-state index in [1.807, 2.05) is 20.7 Å². The molecule has 0 spiro atoms. The molecule has 1 aliphatic rings. The molecule has 1 aliphatic carbocycles. The predicted octanol–water partition coefficient (Wildman–Crippen LogP) is 3.38. The third-order valence-corrected chi connectivity index (χ3v) is 5.04. The maximum absolute atomic E-state index is 13.3. The number of carbonyl (C=O) groups is 1. The first-order valence-corrected chi connectivity index (χ1v) is 8.55. The van der Waals surface area contributed by atoms with Crippen molar-refractivity contribution in [2.45, 2.75) is 25.3 Å². The highest BCUT2D eigenvalue weighted by Crippen LogP contribution is 2.29. The van der Waals surface area contributed by atoms with Crippen molar-refractivity contribution in [1.29, 1.82) is 0 Å². The molecule has 6 heteroatoms. The number of rotatable bonds is 5. The molecule has 2 aromatic heterocycles. The van der Waals surface area contributed by atoms with Crippen LogP contribution in [0.3, 0.4) is 0 Å². The largest absolute Gasteiger partial charge is 0.334 e. The molecule has 1 aromatic carbocycles. The summed E-state index contributed by atoms with van der Waals surface area (Å²) in [6.45, 7) is 0.610. The van der Waals surface area contributed by atoms with E-state index in [0.29, 0.717) is 24.7 Å². The van der Waals surface area contributed by atoms with E-state index in [-0.39, 0.29) is 11.7 Å².